The number of amides is 1. The summed E-state index contributed by atoms with van der Waals surface area (Å²) < 4.78 is 14.5. The lowest BCUT2D eigenvalue weighted by Crippen LogP contribution is -2.28. The summed E-state index contributed by atoms with van der Waals surface area (Å²) in [6.07, 6.45) is 2.25. The molecule has 3 aromatic rings. The van der Waals surface area contributed by atoms with E-state index in [-0.39, 0.29) is 17.6 Å². The average molecular weight is 387 g/mol. The molecule has 1 atom stereocenters. The van der Waals surface area contributed by atoms with Crippen LogP contribution in [0, 0.1) is 11.7 Å². The molecule has 1 aromatic heterocycles. The minimum absolute atomic E-state index is 0.0220. The first-order valence-corrected chi connectivity index (χ1v) is 8.75. The van der Waals surface area contributed by atoms with Crippen LogP contribution in [0.4, 0.5) is 10.1 Å². The maximum atomic E-state index is 13.6. The van der Waals surface area contributed by atoms with E-state index in [9.17, 15) is 9.18 Å². The number of hydrogen-bond acceptors (Lipinski definition) is 1. The van der Waals surface area contributed by atoms with Crippen molar-refractivity contribution >= 4 is 38.4 Å². The molecule has 0 aliphatic heterocycles. The van der Waals surface area contributed by atoms with Crippen LogP contribution in [-0.4, -0.2) is 10.9 Å². The second kappa shape index (κ2) is 6.06. The number of rotatable bonds is 2. The van der Waals surface area contributed by atoms with E-state index in [1.807, 2.05) is 24.3 Å². The van der Waals surface area contributed by atoms with Gasteiger partial charge in [0.05, 0.1) is 0 Å². The smallest absolute Gasteiger partial charge is 0.227 e. The molecule has 4 rings (SSSR count). The molecule has 2 aromatic carbocycles. The summed E-state index contributed by atoms with van der Waals surface area (Å²) >= 11 is 3.38. The fourth-order valence-corrected chi connectivity index (χ4v) is 3.65. The third-order valence-corrected chi connectivity index (χ3v) is 5.16. The second-order valence-corrected chi connectivity index (χ2v) is 7.12. The minimum Gasteiger partial charge on any atom is -0.358 e. The number of carbonyl (C=O) groups is 1. The number of aromatic nitrogens is 1. The van der Waals surface area contributed by atoms with E-state index in [1.165, 1.54) is 6.07 Å². The van der Waals surface area contributed by atoms with Gasteiger partial charge in [0.25, 0.3) is 0 Å². The maximum Gasteiger partial charge on any atom is 0.227 e. The number of halogens is 2. The number of nitrogens with one attached hydrogen (secondary N) is 2. The summed E-state index contributed by atoms with van der Waals surface area (Å²) in [6.45, 7) is 0. The zero-order valence-electron chi connectivity index (χ0n) is 12.9. The summed E-state index contributed by atoms with van der Waals surface area (Å²) in [5, 5.41) is 3.87. The number of carbonyl (C=O) groups excluding carboxylic acids is 1. The van der Waals surface area contributed by atoms with Gasteiger partial charge in [-0.2, -0.15) is 0 Å². The van der Waals surface area contributed by atoms with Crippen LogP contribution in [0.5, 0.6) is 0 Å². The highest BCUT2D eigenvalue weighted by molar-refractivity contribution is 9.10. The van der Waals surface area contributed by atoms with Crippen molar-refractivity contribution in [3.05, 3.63) is 64.0 Å². The predicted octanol–water partition coefficient (Wildman–Crippen LogP) is 4.81. The fraction of sp³-hybridized carbons (Fsp3) is 0.211. The lowest BCUT2D eigenvalue weighted by atomic mass is 9.85. The van der Waals surface area contributed by atoms with Gasteiger partial charge < -0.3 is 10.3 Å². The van der Waals surface area contributed by atoms with Gasteiger partial charge in [0.1, 0.15) is 5.82 Å². The summed E-state index contributed by atoms with van der Waals surface area (Å²) in [5.74, 6) is -0.317. The molecule has 0 radical (unpaired) electrons. The van der Waals surface area contributed by atoms with Crippen LogP contribution >= 0.6 is 15.9 Å². The van der Waals surface area contributed by atoms with Crippen LogP contribution < -0.4 is 5.32 Å². The molecule has 0 saturated heterocycles. The zero-order chi connectivity index (χ0) is 16.7. The molecule has 3 nitrogen and oxygen atoms in total. The maximum absolute atomic E-state index is 13.6. The van der Waals surface area contributed by atoms with Gasteiger partial charge in [-0.3, -0.25) is 4.79 Å². The standard InChI is InChI=1S/C19H16BrFN2O/c20-12-2-5-14(6-3-12)22-19(24)11-1-7-17-15(9-11)16-10-13(21)4-8-18(16)23-17/h2-6,8,10-11,23H,1,7,9H2,(H,22,24). The Labute approximate surface area is 147 Å². The Hall–Kier alpha value is -2.14. The van der Waals surface area contributed by atoms with Crippen LogP contribution in [0.3, 0.4) is 0 Å². The number of anilines is 1. The number of aryl methyl sites for hydroxylation is 1. The molecular weight excluding hydrogens is 371 g/mol. The van der Waals surface area contributed by atoms with E-state index < -0.39 is 0 Å². The van der Waals surface area contributed by atoms with Crippen LogP contribution in [-0.2, 0) is 17.6 Å². The van der Waals surface area contributed by atoms with E-state index in [0.29, 0.717) is 6.42 Å². The van der Waals surface area contributed by atoms with Crippen molar-refractivity contribution < 1.29 is 9.18 Å². The normalized spacial score (nSPS) is 16.8. The highest BCUT2D eigenvalue weighted by Gasteiger charge is 2.27. The van der Waals surface area contributed by atoms with Gasteiger partial charge in [-0.15, -0.1) is 0 Å². The summed E-state index contributed by atoms with van der Waals surface area (Å²) in [7, 11) is 0. The summed E-state index contributed by atoms with van der Waals surface area (Å²) in [5.41, 5.74) is 3.93. The molecule has 0 spiro atoms. The molecule has 1 amide bonds. The molecule has 24 heavy (non-hydrogen) atoms. The fourth-order valence-electron chi connectivity index (χ4n) is 3.39. The van der Waals surface area contributed by atoms with Gasteiger partial charge in [0.2, 0.25) is 5.91 Å². The first-order valence-electron chi connectivity index (χ1n) is 7.95. The van der Waals surface area contributed by atoms with Crippen LogP contribution in [0.25, 0.3) is 10.9 Å². The SMILES string of the molecule is O=C(Nc1ccc(Br)cc1)C1CCc2[nH]c3ccc(F)cc3c2C1. The van der Waals surface area contributed by atoms with E-state index in [2.05, 4.69) is 26.2 Å². The molecular formula is C19H16BrFN2O. The Kier molecular flexibility index (Phi) is 3.88. The summed E-state index contributed by atoms with van der Waals surface area (Å²) in [6, 6.07) is 12.3. The van der Waals surface area contributed by atoms with Crippen molar-refractivity contribution in [2.24, 2.45) is 5.92 Å². The molecule has 1 aliphatic rings. The van der Waals surface area contributed by atoms with Crippen molar-refractivity contribution in [1.29, 1.82) is 0 Å². The van der Waals surface area contributed by atoms with E-state index >= 15 is 0 Å². The van der Waals surface area contributed by atoms with Gasteiger partial charge in [-0.05, 0) is 67.3 Å². The zero-order valence-corrected chi connectivity index (χ0v) is 14.5. The molecule has 5 heteroatoms. The van der Waals surface area contributed by atoms with E-state index in [0.717, 1.165) is 45.2 Å². The highest BCUT2D eigenvalue weighted by atomic mass is 79.9. The van der Waals surface area contributed by atoms with Gasteiger partial charge in [-0.1, -0.05) is 15.9 Å². The van der Waals surface area contributed by atoms with Gasteiger partial charge in [-0.25, -0.2) is 4.39 Å². The second-order valence-electron chi connectivity index (χ2n) is 6.21. The molecule has 0 bridgehead atoms. The quantitative estimate of drug-likeness (QED) is 0.651. The Bertz CT molecular complexity index is 917. The minimum atomic E-state index is -0.245. The van der Waals surface area contributed by atoms with Crippen LogP contribution in [0.2, 0.25) is 0 Å². The third kappa shape index (κ3) is 2.84. The Morgan fingerprint density at radius 3 is 2.79 bits per heavy atom. The number of hydrogen-bond donors (Lipinski definition) is 2. The summed E-state index contributed by atoms with van der Waals surface area (Å²) in [4.78, 5) is 15.9. The monoisotopic (exact) mass is 386 g/mol. The van der Waals surface area contributed by atoms with Crippen molar-refractivity contribution in [1.82, 2.24) is 4.98 Å². The predicted molar refractivity (Wildman–Crippen MR) is 96.5 cm³/mol. The first kappa shape index (κ1) is 15.4. The van der Waals surface area contributed by atoms with Crippen molar-refractivity contribution in [3.8, 4) is 0 Å². The van der Waals surface area contributed by atoms with Gasteiger partial charge >= 0.3 is 0 Å². The highest BCUT2D eigenvalue weighted by Crippen LogP contribution is 2.32. The van der Waals surface area contributed by atoms with Crippen molar-refractivity contribution in [3.63, 3.8) is 0 Å². The van der Waals surface area contributed by atoms with E-state index in [4.69, 9.17) is 0 Å². The molecule has 0 saturated carbocycles. The molecule has 1 heterocycles. The number of aromatic amines is 1. The Morgan fingerprint density at radius 2 is 2.00 bits per heavy atom. The number of fused-ring (bicyclic) bond motifs is 3. The molecule has 0 fully saturated rings. The lowest BCUT2D eigenvalue weighted by Gasteiger charge is -2.22. The van der Waals surface area contributed by atoms with Gasteiger partial charge in [0, 0.05) is 32.7 Å². The topological polar surface area (TPSA) is 44.9 Å². The van der Waals surface area contributed by atoms with Crippen LogP contribution in [0.15, 0.2) is 46.9 Å². The van der Waals surface area contributed by atoms with Crippen molar-refractivity contribution in [2.75, 3.05) is 5.32 Å². The average Bonchev–Trinajstić information content (AvgIpc) is 2.94. The lowest BCUT2D eigenvalue weighted by molar-refractivity contribution is -0.120. The molecule has 2 N–H and O–H groups in total. The molecule has 122 valence electrons. The number of H-pyrrole nitrogens is 1. The van der Waals surface area contributed by atoms with E-state index in [1.54, 1.807) is 12.1 Å². The Balaban J connectivity index is 1.57. The third-order valence-electron chi connectivity index (χ3n) is 4.63. The van der Waals surface area contributed by atoms with Crippen LogP contribution in [0.1, 0.15) is 17.7 Å². The number of benzene rings is 2. The molecule has 1 unspecified atom stereocenters. The van der Waals surface area contributed by atoms with Gasteiger partial charge in [0.15, 0.2) is 0 Å². The Morgan fingerprint density at radius 1 is 1.21 bits per heavy atom. The van der Waals surface area contributed by atoms with Crippen molar-refractivity contribution in [2.45, 2.75) is 19.3 Å². The largest absolute Gasteiger partial charge is 0.358 e. The first-order chi connectivity index (χ1) is 11.6. The molecule has 1 aliphatic carbocycles.